The third-order valence-corrected chi connectivity index (χ3v) is 4.32. The number of benzene rings is 1. The molecule has 1 aromatic heterocycles. The van der Waals surface area contributed by atoms with E-state index in [1.54, 1.807) is 13.2 Å². The van der Waals surface area contributed by atoms with Crippen LogP contribution >= 0.6 is 0 Å². The monoisotopic (exact) mass is 238 g/mol. The Hall–Kier alpha value is -1.29. The number of para-hydroxylation sites is 1. The lowest BCUT2D eigenvalue weighted by atomic mass is 10.1. The van der Waals surface area contributed by atoms with Crippen molar-refractivity contribution in [3.63, 3.8) is 0 Å². The van der Waals surface area contributed by atoms with Gasteiger partial charge in [0, 0.05) is 16.7 Å². The predicted octanol–water partition coefficient (Wildman–Crippen LogP) is 2.68. The molecular formula is C12H14O3S. The van der Waals surface area contributed by atoms with Crippen molar-refractivity contribution >= 4 is 20.8 Å². The first-order valence-corrected chi connectivity index (χ1v) is 7.02. The molecule has 0 aliphatic rings. The molecule has 0 radical (unpaired) electrons. The summed E-state index contributed by atoms with van der Waals surface area (Å²) >= 11 is 0. The van der Waals surface area contributed by atoms with Crippen LogP contribution in [-0.4, -0.2) is 14.2 Å². The summed E-state index contributed by atoms with van der Waals surface area (Å²) in [7, 11) is -3.01. The summed E-state index contributed by atoms with van der Waals surface area (Å²) in [6.45, 7) is 3.60. The molecule has 2 aromatic rings. The minimum Gasteiger partial charge on any atom is -0.464 e. The summed E-state index contributed by atoms with van der Waals surface area (Å²) in [5.74, 6) is 0.214. The zero-order valence-electron chi connectivity index (χ0n) is 9.36. The molecule has 0 atom stereocenters. The molecule has 4 heteroatoms. The first-order valence-electron chi connectivity index (χ1n) is 5.19. The molecular weight excluding hydrogens is 224 g/mol. The van der Waals surface area contributed by atoms with Gasteiger partial charge in [0.15, 0.2) is 9.84 Å². The first kappa shape index (κ1) is 11.2. The fourth-order valence-electron chi connectivity index (χ4n) is 1.71. The Morgan fingerprint density at radius 1 is 1.31 bits per heavy atom. The van der Waals surface area contributed by atoms with Crippen molar-refractivity contribution in [1.29, 1.82) is 0 Å². The van der Waals surface area contributed by atoms with E-state index in [9.17, 15) is 8.42 Å². The Kier molecular flexibility index (Phi) is 2.76. The van der Waals surface area contributed by atoms with E-state index in [1.807, 2.05) is 25.1 Å². The van der Waals surface area contributed by atoms with Gasteiger partial charge in [0.1, 0.15) is 5.58 Å². The topological polar surface area (TPSA) is 47.3 Å². The van der Waals surface area contributed by atoms with Crippen molar-refractivity contribution in [2.75, 3.05) is 5.75 Å². The highest BCUT2D eigenvalue weighted by Crippen LogP contribution is 2.25. The molecule has 0 bridgehead atoms. The summed E-state index contributed by atoms with van der Waals surface area (Å²) in [5, 5.41) is 0.900. The van der Waals surface area contributed by atoms with E-state index in [1.165, 1.54) is 0 Å². The molecule has 0 saturated carbocycles. The largest absolute Gasteiger partial charge is 0.464 e. The zero-order chi connectivity index (χ0) is 11.8. The van der Waals surface area contributed by atoms with Crippen LogP contribution in [0.1, 0.15) is 18.1 Å². The van der Waals surface area contributed by atoms with Crippen LogP contribution in [-0.2, 0) is 15.6 Å². The van der Waals surface area contributed by atoms with Crippen molar-refractivity contribution in [3.8, 4) is 0 Å². The minimum atomic E-state index is -3.01. The lowest BCUT2D eigenvalue weighted by Gasteiger charge is -1.99. The van der Waals surface area contributed by atoms with Gasteiger partial charge in [-0.3, -0.25) is 0 Å². The van der Waals surface area contributed by atoms with Gasteiger partial charge in [-0.25, -0.2) is 8.42 Å². The van der Waals surface area contributed by atoms with Gasteiger partial charge in [0.2, 0.25) is 0 Å². The number of rotatable bonds is 3. The maximum absolute atomic E-state index is 11.6. The molecule has 0 N–H and O–H groups in total. The molecule has 16 heavy (non-hydrogen) atoms. The third-order valence-electron chi connectivity index (χ3n) is 2.69. The number of fused-ring (bicyclic) bond motifs is 1. The maximum atomic E-state index is 11.6. The molecule has 0 aliphatic heterocycles. The predicted molar refractivity (Wildman–Crippen MR) is 64.1 cm³/mol. The normalized spacial score (nSPS) is 12.1. The highest BCUT2D eigenvalue weighted by atomic mass is 32.2. The van der Waals surface area contributed by atoms with Gasteiger partial charge in [0.05, 0.1) is 12.0 Å². The molecule has 0 amide bonds. The number of aryl methyl sites for hydroxylation is 1. The smallest absolute Gasteiger partial charge is 0.154 e. The van der Waals surface area contributed by atoms with E-state index >= 15 is 0 Å². The average Bonchev–Trinajstić information content (AvgIpc) is 2.63. The molecule has 0 fully saturated rings. The molecule has 86 valence electrons. The number of furan rings is 1. The van der Waals surface area contributed by atoms with Crippen LogP contribution < -0.4 is 0 Å². The Morgan fingerprint density at radius 2 is 2.06 bits per heavy atom. The molecule has 0 aliphatic carbocycles. The van der Waals surface area contributed by atoms with Crippen molar-refractivity contribution in [2.24, 2.45) is 0 Å². The van der Waals surface area contributed by atoms with Gasteiger partial charge in [-0.05, 0) is 12.5 Å². The summed E-state index contributed by atoms with van der Waals surface area (Å²) in [4.78, 5) is 0. The SMILES string of the molecule is CCS(=O)(=O)Cc1coc2c(C)cccc12. The maximum Gasteiger partial charge on any atom is 0.154 e. The van der Waals surface area contributed by atoms with Crippen molar-refractivity contribution < 1.29 is 12.8 Å². The highest BCUT2D eigenvalue weighted by Gasteiger charge is 2.14. The second kappa shape index (κ2) is 3.94. The van der Waals surface area contributed by atoms with Gasteiger partial charge in [0.25, 0.3) is 0 Å². The molecule has 3 nitrogen and oxygen atoms in total. The molecule has 0 spiro atoms. The molecule has 0 saturated heterocycles. The fraction of sp³-hybridized carbons (Fsp3) is 0.333. The second-order valence-corrected chi connectivity index (χ2v) is 6.24. The van der Waals surface area contributed by atoms with Crippen LogP contribution in [0.4, 0.5) is 0 Å². The first-order chi connectivity index (χ1) is 7.53. The van der Waals surface area contributed by atoms with Crippen molar-refractivity contribution in [1.82, 2.24) is 0 Å². The molecule has 0 unspecified atom stereocenters. The van der Waals surface area contributed by atoms with E-state index in [-0.39, 0.29) is 11.5 Å². The van der Waals surface area contributed by atoms with E-state index in [0.29, 0.717) is 0 Å². The summed E-state index contributed by atoms with van der Waals surface area (Å²) < 4.78 is 28.5. The van der Waals surface area contributed by atoms with Crippen LogP contribution in [0, 0.1) is 6.92 Å². The van der Waals surface area contributed by atoms with Crippen LogP contribution in [0.2, 0.25) is 0 Å². The summed E-state index contributed by atoms with van der Waals surface area (Å²) in [6, 6.07) is 5.76. The lowest BCUT2D eigenvalue weighted by Crippen LogP contribution is -2.05. The summed E-state index contributed by atoms with van der Waals surface area (Å²) in [6.07, 6.45) is 1.55. The Balaban J connectivity index is 2.51. The Morgan fingerprint density at radius 3 is 2.75 bits per heavy atom. The standard InChI is InChI=1S/C12H14O3S/c1-3-16(13,14)8-10-7-15-12-9(2)5-4-6-11(10)12/h4-7H,3,8H2,1-2H3. The van der Waals surface area contributed by atoms with Gasteiger partial charge in [-0.15, -0.1) is 0 Å². The highest BCUT2D eigenvalue weighted by molar-refractivity contribution is 7.90. The average molecular weight is 238 g/mol. The Labute approximate surface area is 95.0 Å². The fourth-order valence-corrected chi connectivity index (χ4v) is 2.61. The molecule has 1 heterocycles. The van der Waals surface area contributed by atoms with Crippen LogP contribution in [0.5, 0.6) is 0 Å². The molecule has 2 rings (SSSR count). The van der Waals surface area contributed by atoms with E-state index in [0.717, 1.165) is 22.1 Å². The Bertz CT molecular complexity index is 608. The van der Waals surface area contributed by atoms with E-state index in [2.05, 4.69) is 0 Å². The van der Waals surface area contributed by atoms with Crippen LogP contribution in [0.3, 0.4) is 0 Å². The van der Waals surface area contributed by atoms with Crippen molar-refractivity contribution in [3.05, 3.63) is 35.6 Å². The second-order valence-electron chi connectivity index (χ2n) is 3.89. The number of hydrogen-bond acceptors (Lipinski definition) is 3. The summed E-state index contributed by atoms with van der Waals surface area (Å²) in [5.41, 5.74) is 2.56. The number of sulfone groups is 1. The van der Waals surface area contributed by atoms with Gasteiger partial charge in [-0.1, -0.05) is 25.1 Å². The van der Waals surface area contributed by atoms with Crippen LogP contribution in [0.15, 0.2) is 28.9 Å². The van der Waals surface area contributed by atoms with E-state index < -0.39 is 9.84 Å². The quantitative estimate of drug-likeness (QED) is 0.826. The van der Waals surface area contributed by atoms with Gasteiger partial charge >= 0.3 is 0 Å². The number of hydrogen-bond donors (Lipinski definition) is 0. The van der Waals surface area contributed by atoms with Crippen molar-refractivity contribution in [2.45, 2.75) is 19.6 Å². The molecule has 1 aromatic carbocycles. The lowest BCUT2D eigenvalue weighted by molar-refractivity contribution is 0.592. The van der Waals surface area contributed by atoms with Gasteiger partial charge < -0.3 is 4.42 Å². The third kappa shape index (κ3) is 1.97. The minimum absolute atomic E-state index is 0.0555. The zero-order valence-corrected chi connectivity index (χ0v) is 10.2. The van der Waals surface area contributed by atoms with E-state index in [4.69, 9.17) is 4.42 Å². The van der Waals surface area contributed by atoms with Crippen LogP contribution in [0.25, 0.3) is 11.0 Å². The van der Waals surface area contributed by atoms with Gasteiger partial charge in [-0.2, -0.15) is 0 Å².